The third kappa shape index (κ3) is 2.92. The summed E-state index contributed by atoms with van der Waals surface area (Å²) in [5.41, 5.74) is 9.53. The summed E-state index contributed by atoms with van der Waals surface area (Å²) in [6, 6.07) is 3.72. The Morgan fingerprint density at radius 1 is 1.40 bits per heavy atom. The number of nitrogen functional groups attached to an aromatic ring is 1. The highest BCUT2D eigenvalue weighted by Crippen LogP contribution is 2.09. The third-order valence-corrected chi connectivity index (χ3v) is 2.61. The van der Waals surface area contributed by atoms with Gasteiger partial charge < -0.3 is 11.1 Å². The SMILES string of the molecule is Nc1cc(NCCc2cscn2)ccn1. The van der Waals surface area contributed by atoms with Crippen LogP contribution in [0, 0.1) is 0 Å². The van der Waals surface area contributed by atoms with Gasteiger partial charge in [-0.25, -0.2) is 9.97 Å². The number of nitrogens with two attached hydrogens (primary N) is 1. The molecular weight excluding hydrogens is 208 g/mol. The van der Waals surface area contributed by atoms with Crippen molar-refractivity contribution in [3.8, 4) is 0 Å². The minimum atomic E-state index is 0.536. The zero-order chi connectivity index (χ0) is 10.5. The standard InChI is InChI=1S/C10H12N4S/c11-10-5-8(1-4-13-10)12-3-2-9-6-15-7-14-9/h1,4-7H,2-3H2,(H3,11,12,13). The Balaban J connectivity index is 1.83. The molecule has 0 fully saturated rings. The molecule has 15 heavy (non-hydrogen) atoms. The quantitative estimate of drug-likeness (QED) is 0.824. The maximum atomic E-state index is 5.56. The monoisotopic (exact) mass is 220 g/mol. The van der Waals surface area contributed by atoms with Crippen molar-refractivity contribution in [2.24, 2.45) is 0 Å². The van der Waals surface area contributed by atoms with Gasteiger partial charge in [-0.2, -0.15) is 0 Å². The third-order valence-electron chi connectivity index (χ3n) is 1.97. The van der Waals surface area contributed by atoms with Crippen LogP contribution in [0.5, 0.6) is 0 Å². The van der Waals surface area contributed by atoms with Crippen molar-refractivity contribution in [1.29, 1.82) is 0 Å². The Hall–Kier alpha value is -1.62. The lowest BCUT2D eigenvalue weighted by atomic mass is 10.3. The van der Waals surface area contributed by atoms with Gasteiger partial charge in [-0.1, -0.05) is 0 Å². The topological polar surface area (TPSA) is 63.8 Å². The van der Waals surface area contributed by atoms with Crippen LogP contribution >= 0.6 is 11.3 Å². The molecule has 0 atom stereocenters. The second kappa shape index (κ2) is 4.75. The molecule has 0 aliphatic heterocycles. The molecule has 2 aromatic rings. The van der Waals surface area contributed by atoms with Crippen molar-refractivity contribution in [2.45, 2.75) is 6.42 Å². The van der Waals surface area contributed by atoms with E-state index in [1.807, 2.05) is 17.6 Å². The number of thiazole rings is 1. The molecule has 0 saturated heterocycles. The van der Waals surface area contributed by atoms with Crippen molar-refractivity contribution in [3.63, 3.8) is 0 Å². The van der Waals surface area contributed by atoms with Crippen LogP contribution in [-0.4, -0.2) is 16.5 Å². The van der Waals surface area contributed by atoms with Gasteiger partial charge in [0, 0.05) is 36.3 Å². The first-order valence-electron chi connectivity index (χ1n) is 4.67. The Morgan fingerprint density at radius 3 is 3.07 bits per heavy atom. The highest BCUT2D eigenvalue weighted by molar-refractivity contribution is 7.07. The smallest absolute Gasteiger partial charge is 0.125 e. The van der Waals surface area contributed by atoms with E-state index in [-0.39, 0.29) is 0 Å². The molecule has 2 heterocycles. The predicted molar refractivity (Wildman–Crippen MR) is 63.0 cm³/mol. The Kier molecular flexibility index (Phi) is 3.14. The van der Waals surface area contributed by atoms with Crippen molar-refractivity contribution in [1.82, 2.24) is 9.97 Å². The van der Waals surface area contributed by atoms with Crippen LogP contribution in [-0.2, 0) is 6.42 Å². The fourth-order valence-corrected chi connectivity index (χ4v) is 1.85. The zero-order valence-electron chi connectivity index (χ0n) is 8.18. The number of rotatable bonds is 4. The van der Waals surface area contributed by atoms with Gasteiger partial charge >= 0.3 is 0 Å². The number of hydrogen-bond acceptors (Lipinski definition) is 5. The number of aromatic nitrogens is 2. The molecule has 0 spiro atoms. The van der Waals surface area contributed by atoms with Crippen molar-refractivity contribution >= 4 is 22.8 Å². The molecule has 78 valence electrons. The Morgan fingerprint density at radius 2 is 2.33 bits per heavy atom. The molecule has 0 saturated carbocycles. The summed E-state index contributed by atoms with van der Waals surface area (Å²) in [6.07, 6.45) is 2.62. The number of nitrogens with one attached hydrogen (secondary N) is 1. The molecule has 0 unspecified atom stereocenters. The van der Waals surface area contributed by atoms with Gasteiger partial charge in [0.1, 0.15) is 5.82 Å². The van der Waals surface area contributed by atoms with Crippen LogP contribution in [0.3, 0.4) is 0 Å². The molecule has 3 N–H and O–H groups in total. The minimum absolute atomic E-state index is 0.536. The van der Waals surface area contributed by atoms with Gasteiger partial charge in [0.05, 0.1) is 11.2 Å². The van der Waals surface area contributed by atoms with Crippen molar-refractivity contribution in [2.75, 3.05) is 17.6 Å². The van der Waals surface area contributed by atoms with E-state index < -0.39 is 0 Å². The van der Waals surface area contributed by atoms with Crippen LogP contribution in [0.2, 0.25) is 0 Å². The second-order valence-corrected chi connectivity index (χ2v) is 3.84. The van der Waals surface area contributed by atoms with Gasteiger partial charge in [-0.05, 0) is 6.07 Å². The predicted octanol–water partition coefficient (Wildman–Crippen LogP) is 1.77. The molecule has 0 bridgehead atoms. The second-order valence-electron chi connectivity index (χ2n) is 3.13. The average molecular weight is 220 g/mol. The minimum Gasteiger partial charge on any atom is -0.384 e. The fourth-order valence-electron chi connectivity index (χ4n) is 1.25. The van der Waals surface area contributed by atoms with E-state index in [0.29, 0.717) is 5.82 Å². The molecule has 5 heteroatoms. The summed E-state index contributed by atoms with van der Waals surface area (Å²) in [7, 11) is 0. The van der Waals surface area contributed by atoms with Crippen LogP contribution < -0.4 is 11.1 Å². The molecule has 0 amide bonds. The van der Waals surface area contributed by atoms with E-state index in [0.717, 1.165) is 24.3 Å². The van der Waals surface area contributed by atoms with Gasteiger partial charge in [-0.15, -0.1) is 11.3 Å². The maximum absolute atomic E-state index is 5.56. The van der Waals surface area contributed by atoms with E-state index in [1.54, 1.807) is 17.5 Å². The molecule has 4 nitrogen and oxygen atoms in total. The van der Waals surface area contributed by atoms with E-state index in [4.69, 9.17) is 5.73 Å². The van der Waals surface area contributed by atoms with Crippen LogP contribution in [0.1, 0.15) is 5.69 Å². The van der Waals surface area contributed by atoms with E-state index in [2.05, 4.69) is 20.7 Å². The number of hydrogen-bond donors (Lipinski definition) is 2. The zero-order valence-corrected chi connectivity index (χ0v) is 9.00. The van der Waals surface area contributed by atoms with Gasteiger partial charge in [0.25, 0.3) is 0 Å². The average Bonchev–Trinajstić information content (AvgIpc) is 2.71. The number of pyridine rings is 1. The van der Waals surface area contributed by atoms with E-state index in [1.165, 1.54) is 0 Å². The van der Waals surface area contributed by atoms with Crippen LogP contribution in [0.15, 0.2) is 29.2 Å². The lowest BCUT2D eigenvalue weighted by Gasteiger charge is -2.04. The van der Waals surface area contributed by atoms with Gasteiger partial charge in [0.15, 0.2) is 0 Å². The van der Waals surface area contributed by atoms with Crippen molar-refractivity contribution in [3.05, 3.63) is 34.9 Å². The van der Waals surface area contributed by atoms with Crippen molar-refractivity contribution < 1.29 is 0 Å². The lowest BCUT2D eigenvalue weighted by molar-refractivity contribution is 0.977. The number of nitrogens with zero attached hydrogens (tertiary/aromatic N) is 2. The summed E-state index contributed by atoms with van der Waals surface area (Å²) < 4.78 is 0. The molecule has 0 radical (unpaired) electrons. The lowest BCUT2D eigenvalue weighted by Crippen LogP contribution is -2.05. The van der Waals surface area contributed by atoms with E-state index >= 15 is 0 Å². The summed E-state index contributed by atoms with van der Waals surface area (Å²) in [5.74, 6) is 0.536. The molecule has 0 aliphatic rings. The van der Waals surface area contributed by atoms with Crippen LogP contribution in [0.4, 0.5) is 11.5 Å². The molecular formula is C10H12N4S. The number of anilines is 2. The first-order chi connectivity index (χ1) is 7.34. The molecule has 0 aromatic carbocycles. The highest BCUT2D eigenvalue weighted by Gasteiger charge is 1.96. The highest BCUT2D eigenvalue weighted by atomic mass is 32.1. The summed E-state index contributed by atoms with van der Waals surface area (Å²) in [4.78, 5) is 8.13. The summed E-state index contributed by atoms with van der Waals surface area (Å²) in [6.45, 7) is 0.854. The van der Waals surface area contributed by atoms with Crippen LogP contribution in [0.25, 0.3) is 0 Å². The normalized spacial score (nSPS) is 10.1. The summed E-state index contributed by atoms with van der Waals surface area (Å²) >= 11 is 1.62. The van der Waals surface area contributed by atoms with Gasteiger partial charge in [0.2, 0.25) is 0 Å². The fraction of sp³-hybridized carbons (Fsp3) is 0.200. The summed E-state index contributed by atoms with van der Waals surface area (Å²) in [5, 5.41) is 5.33. The molecule has 2 aromatic heterocycles. The largest absolute Gasteiger partial charge is 0.384 e. The Labute approximate surface area is 92.2 Å². The van der Waals surface area contributed by atoms with Gasteiger partial charge in [-0.3, -0.25) is 0 Å². The molecule has 2 rings (SSSR count). The van der Waals surface area contributed by atoms with E-state index in [9.17, 15) is 0 Å². The first-order valence-corrected chi connectivity index (χ1v) is 5.61. The molecule has 0 aliphatic carbocycles. The Bertz CT molecular complexity index is 413. The first kappa shape index (κ1) is 9.92. The maximum Gasteiger partial charge on any atom is 0.125 e.